The van der Waals surface area contributed by atoms with Crippen LogP contribution < -0.4 is 15.9 Å². The largest absolute Gasteiger partial charge is 0.493 e. The van der Waals surface area contributed by atoms with Gasteiger partial charge in [0.15, 0.2) is 0 Å². The summed E-state index contributed by atoms with van der Waals surface area (Å²) in [5.41, 5.74) is 3.83. The molecule has 1 amide bonds. The molecule has 7 heteroatoms. The maximum atomic E-state index is 12.4. The molecule has 148 valence electrons. The number of amides is 1. The van der Waals surface area contributed by atoms with Gasteiger partial charge < -0.3 is 9.72 Å². The van der Waals surface area contributed by atoms with Crippen LogP contribution in [-0.4, -0.2) is 28.7 Å². The first-order valence-corrected chi connectivity index (χ1v) is 9.24. The predicted octanol–water partition coefficient (Wildman–Crippen LogP) is 3.24. The Morgan fingerprint density at radius 2 is 1.97 bits per heavy atom. The lowest BCUT2D eigenvalue weighted by atomic mass is 10.1. The van der Waals surface area contributed by atoms with E-state index in [4.69, 9.17) is 4.74 Å². The van der Waals surface area contributed by atoms with Crippen LogP contribution in [0.25, 0.3) is 11.3 Å². The van der Waals surface area contributed by atoms with Crippen molar-refractivity contribution in [2.24, 2.45) is 11.0 Å². The average molecular weight is 390 g/mol. The Kier molecular flexibility index (Phi) is 6.52. The molecule has 0 radical (unpaired) electrons. The van der Waals surface area contributed by atoms with E-state index < -0.39 is 11.6 Å². The highest BCUT2D eigenvalue weighted by Gasteiger charge is 2.10. The van der Waals surface area contributed by atoms with Crippen LogP contribution in [0.2, 0.25) is 0 Å². The molecule has 0 spiro atoms. The van der Waals surface area contributed by atoms with E-state index in [1.165, 1.54) is 12.3 Å². The standard InChI is InChI=1S/C22H22N4O3/c1-15(2)14-29-18-10-6-7-16(11-18)13-23-26-21(27)20-12-19(24-22(28)25-20)17-8-4-3-5-9-17/h3-13,15H,14H2,1-2H3,(H,26,27)(H,24,25,28)/b23-13+. The van der Waals surface area contributed by atoms with E-state index in [1.54, 1.807) is 0 Å². The third-order valence-electron chi connectivity index (χ3n) is 3.88. The van der Waals surface area contributed by atoms with Gasteiger partial charge in [0.2, 0.25) is 0 Å². The number of ether oxygens (including phenoxy) is 1. The average Bonchev–Trinajstić information content (AvgIpc) is 2.72. The van der Waals surface area contributed by atoms with Crippen molar-refractivity contribution in [2.75, 3.05) is 6.61 Å². The second kappa shape index (κ2) is 9.45. The van der Waals surface area contributed by atoms with E-state index in [-0.39, 0.29) is 5.69 Å². The van der Waals surface area contributed by atoms with Gasteiger partial charge in [-0.2, -0.15) is 10.1 Å². The van der Waals surface area contributed by atoms with Crippen molar-refractivity contribution >= 4 is 12.1 Å². The number of benzene rings is 2. The molecule has 0 aliphatic rings. The number of nitrogens with zero attached hydrogens (tertiary/aromatic N) is 2. The first-order chi connectivity index (χ1) is 14.0. The molecule has 0 saturated carbocycles. The van der Waals surface area contributed by atoms with Crippen LogP contribution in [0.15, 0.2) is 70.6 Å². The first kappa shape index (κ1) is 20.0. The van der Waals surface area contributed by atoms with Crippen molar-refractivity contribution in [2.45, 2.75) is 13.8 Å². The second-order valence-electron chi connectivity index (χ2n) is 6.83. The molecule has 0 unspecified atom stereocenters. The van der Waals surface area contributed by atoms with Gasteiger partial charge in [0.05, 0.1) is 18.5 Å². The number of hydrazone groups is 1. The van der Waals surface area contributed by atoms with Crippen LogP contribution in [0.5, 0.6) is 5.75 Å². The Labute approximate surface area is 168 Å². The van der Waals surface area contributed by atoms with Crippen molar-refractivity contribution in [3.05, 3.63) is 82.4 Å². The van der Waals surface area contributed by atoms with Crippen molar-refractivity contribution in [3.8, 4) is 17.0 Å². The summed E-state index contributed by atoms with van der Waals surface area (Å²) in [5, 5.41) is 3.96. The van der Waals surface area contributed by atoms with Crippen LogP contribution in [0.3, 0.4) is 0 Å². The SMILES string of the molecule is CC(C)COc1cccc(/C=N/NC(=O)c2cc(-c3ccccc3)nc(=O)[nH]2)c1. The molecule has 2 N–H and O–H groups in total. The van der Waals surface area contributed by atoms with E-state index in [2.05, 4.69) is 34.3 Å². The summed E-state index contributed by atoms with van der Waals surface area (Å²) in [7, 11) is 0. The molecule has 0 saturated heterocycles. The van der Waals surface area contributed by atoms with Gasteiger partial charge in [-0.3, -0.25) is 4.79 Å². The summed E-state index contributed by atoms with van der Waals surface area (Å²) < 4.78 is 5.68. The second-order valence-corrected chi connectivity index (χ2v) is 6.83. The van der Waals surface area contributed by atoms with E-state index in [9.17, 15) is 9.59 Å². The Bertz CT molecular complexity index is 1060. The maximum absolute atomic E-state index is 12.4. The molecule has 29 heavy (non-hydrogen) atoms. The van der Waals surface area contributed by atoms with Crippen LogP contribution in [0.1, 0.15) is 29.9 Å². The summed E-state index contributed by atoms with van der Waals surface area (Å²) in [6.45, 7) is 4.78. The number of hydrogen-bond acceptors (Lipinski definition) is 5. The normalized spacial score (nSPS) is 11.0. The Hall–Kier alpha value is -3.74. The van der Waals surface area contributed by atoms with Crippen molar-refractivity contribution < 1.29 is 9.53 Å². The van der Waals surface area contributed by atoms with Gasteiger partial charge in [0.25, 0.3) is 5.91 Å². The number of aromatic nitrogens is 2. The Morgan fingerprint density at radius 1 is 1.17 bits per heavy atom. The summed E-state index contributed by atoms with van der Waals surface area (Å²) in [5.74, 6) is 0.625. The van der Waals surface area contributed by atoms with Gasteiger partial charge in [-0.25, -0.2) is 10.2 Å². The third kappa shape index (κ3) is 5.87. The molecule has 0 fully saturated rings. The van der Waals surface area contributed by atoms with Crippen LogP contribution >= 0.6 is 0 Å². The number of aromatic amines is 1. The molecular formula is C22H22N4O3. The lowest BCUT2D eigenvalue weighted by molar-refractivity contribution is 0.0949. The van der Waals surface area contributed by atoms with Gasteiger partial charge in [-0.15, -0.1) is 0 Å². The monoisotopic (exact) mass is 390 g/mol. The van der Waals surface area contributed by atoms with Gasteiger partial charge >= 0.3 is 5.69 Å². The van der Waals surface area contributed by atoms with Crippen molar-refractivity contribution in [1.29, 1.82) is 0 Å². The smallest absolute Gasteiger partial charge is 0.346 e. The minimum absolute atomic E-state index is 0.0787. The quantitative estimate of drug-likeness (QED) is 0.478. The zero-order valence-electron chi connectivity index (χ0n) is 16.3. The number of hydrogen-bond donors (Lipinski definition) is 2. The van der Waals surface area contributed by atoms with Gasteiger partial charge in [0, 0.05) is 5.56 Å². The van der Waals surface area contributed by atoms with Crippen LogP contribution in [-0.2, 0) is 0 Å². The third-order valence-corrected chi connectivity index (χ3v) is 3.88. The van der Waals surface area contributed by atoms with Crippen LogP contribution in [0.4, 0.5) is 0 Å². The fraction of sp³-hybridized carbons (Fsp3) is 0.182. The fourth-order valence-corrected chi connectivity index (χ4v) is 2.51. The lowest BCUT2D eigenvalue weighted by Crippen LogP contribution is -2.24. The van der Waals surface area contributed by atoms with E-state index in [1.807, 2.05) is 54.6 Å². The first-order valence-electron chi connectivity index (χ1n) is 9.24. The summed E-state index contributed by atoms with van der Waals surface area (Å²) in [4.78, 5) is 30.5. The zero-order chi connectivity index (χ0) is 20.6. The molecule has 0 aliphatic carbocycles. The Balaban J connectivity index is 1.69. The van der Waals surface area contributed by atoms with Crippen molar-refractivity contribution in [3.63, 3.8) is 0 Å². The van der Waals surface area contributed by atoms with Gasteiger partial charge in [-0.05, 0) is 29.7 Å². The molecule has 3 rings (SSSR count). The van der Waals surface area contributed by atoms with Crippen molar-refractivity contribution in [1.82, 2.24) is 15.4 Å². The van der Waals surface area contributed by atoms with E-state index in [0.29, 0.717) is 18.2 Å². The molecule has 0 aliphatic heterocycles. The highest BCUT2D eigenvalue weighted by Crippen LogP contribution is 2.15. The molecule has 2 aromatic carbocycles. The fourth-order valence-electron chi connectivity index (χ4n) is 2.51. The molecule has 0 bridgehead atoms. The number of carbonyl (C=O) groups is 1. The number of nitrogens with one attached hydrogen (secondary N) is 2. The number of rotatable bonds is 7. The van der Waals surface area contributed by atoms with Gasteiger partial charge in [0.1, 0.15) is 11.4 Å². The molecule has 0 atom stereocenters. The molecule has 1 aromatic heterocycles. The highest BCUT2D eigenvalue weighted by atomic mass is 16.5. The topological polar surface area (TPSA) is 96.4 Å². The molecule has 1 heterocycles. The number of H-pyrrole nitrogens is 1. The predicted molar refractivity (Wildman–Crippen MR) is 112 cm³/mol. The van der Waals surface area contributed by atoms with Crippen LogP contribution in [0, 0.1) is 5.92 Å². The summed E-state index contributed by atoms with van der Waals surface area (Å²) in [6.07, 6.45) is 1.51. The molecular weight excluding hydrogens is 368 g/mol. The van der Waals surface area contributed by atoms with E-state index in [0.717, 1.165) is 16.9 Å². The Morgan fingerprint density at radius 3 is 2.72 bits per heavy atom. The van der Waals surface area contributed by atoms with Gasteiger partial charge in [-0.1, -0.05) is 56.3 Å². The highest BCUT2D eigenvalue weighted by molar-refractivity contribution is 5.93. The maximum Gasteiger partial charge on any atom is 0.346 e. The molecule has 3 aromatic rings. The lowest BCUT2D eigenvalue weighted by Gasteiger charge is -2.08. The number of carbonyl (C=O) groups excluding carboxylic acids is 1. The van der Waals surface area contributed by atoms with E-state index >= 15 is 0 Å². The minimum Gasteiger partial charge on any atom is -0.493 e. The minimum atomic E-state index is -0.601. The summed E-state index contributed by atoms with van der Waals surface area (Å²) >= 11 is 0. The zero-order valence-corrected chi connectivity index (χ0v) is 16.3. The molecule has 7 nitrogen and oxygen atoms in total. The summed E-state index contributed by atoms with van der Waals surface area (Å²) in [6, 6.07) is 18.1.